The van der Waals surface area contributed by atoms with Crippen molar-refractivity contribution in [3.63, 3.8) is 0 Å². The van der Waals surface area contributed by atoms with E-state index in [0.29, 0.717) is 12.5 Å². The van der Waals surface area contributed by atoms with E-state index in [1.54, 1.807) is 0 Å². The van der Waals surface area contributed by atoms with Gasteiger partial charge in [0.25, 0.3) is 0 Å². The van der Waals surface area contributed by atoms with Crippen molar-refractivity contribution in [2.75, 3.05) is 26.2 Å². The van der Waals surface area contributed by atoms with Crippen LogP contribution in [0.1, 0.15) is 37.7 Å². The Balaban J connectivity index is 1.55. The van der Waals surface area contributed by atoms with Crippen molar-refractivity contribution < 1.29 is 14.7 Å². The highest BCUT2D eigenvalue weighted by Gasteiger charge is 2.34. The van der Waals surface area contributed by atoms with Crippen LogP contribution in [0.15, 0.2) is 30.3 Å². The molecule has 136 valence electrons. The molecule has 0 saturated carbocycles. The lowest BCUT2D eigenvalue weighted by molar-refractivity contribution is -0.146. The van der Waals surface area contributed by atoms with Gasteiger partial charge in [-0.3, -0.25) is 14.5 Å². The Bertz CT molecular complexity index is 582. The van der Waals surface area contributed by atoms with Crippen molar-refractivity contribution in [2.24, 2.45) is 5.92 Å². The predicted octanol–water partition coefficient (Wildman–Crippen LogP) is 2.41. The minimum Gasteiger partial charge on any atom is -0.480 e. The zero-order valence-electron chi connectivity index (χ0n) is 14.8. The predicted molar refractivity (Wildman–Crippen MR) is 96.3 cm³/mol. The number of carboxylic acid groups (broad SMARTS) is 1. The van der Waals surface area contributed by atoms with Gasteiger partial charge in [-0.25, -0.2) is 0 Å². The molecule has 2 aliphatic heterocycles. The first-order valence-corrected chi connectivity index (χ1v) is 9.42. The van der Waals surface area contributed by atoms with Gasteiger partial charge in [-0.1, -0.05) is 30.3 Å². The number of piperidine rings is 1. The molecule has 25 heavy (non-hydrogen) atoms. The molecule has 2 saturated heterocycles. The van der Waals surface area contributed by atoms with E-state index in [4.69, 9.17) is 5.11 Å². The zero-order valence-corrected chi connectivity index (χ0v) is 14.8. The quantitative estimate of drug-likeness (QED) is 0.891. The number of likely N-dealkylation sites (tertiary alicyclic amines) is 2. The summed E-state index contributed by atoms with van der Waals surface area (Å²) in [6.07, 6.45) is 6.09. The van der Waals surface area contributed by atoms with Crippen LogP contribution >= 0.6 is 0 Å². The first kappa shape index (κ1) is 17.9. The Morgan fingerprint density at radius 3 is 2.44 bits per heavy atom. The molecule has 2 fully saturated rings. The zero-order chi connectivity index (χ0) is 17.6. The van der Waals surface area contributed by atoms with Crippen molar-refractivity contribution in [2.45, 2.75) is 44.6 Å². The van der Waals surface area contributed by atoms with Gasteiger partial charge in [0.2, 0.25) is 5.91 Å². The summed E-state index contributed by atoms with van der Waals surface area (Å²) in [6.45, 7) is 2.29. The van der Waals surface area contributed by atoms with E-state index >= 15 is 0 Å². The second kappa shape index (κ2) is 8.48. The number of carboxylic acids is 1. The summed E-state index contributed by atoms with van der Waals surface area (Å²) in [5.41, 5.74) is 1.39. The molecule has 1 aromatic rings. The first-order valence-electron chi connectivity index (χ1n) is 9.42. The summed E-state index contributed by atoms with van der Waals surface area (Å²) in [4.78, 5) is 27.6. The Kier molecular flexibility index (Phi) is 6.08. The maximum absolute atomic E-state index is 12.8. The normalized spacial score (nSPS) is 23.4. The lowest BCUT2D eigenvalue weighted by Crippen LogP contribution is -2.51. The molecule has 0 aromatic heterocycles. The number of carbonyl (C=O) groups excluding carboxylic acids is 1. The highest BCUT2D eigenvalue weighted by Crippen LogP contribution is 2.26. The summed E-state index contributed by atoms with van der Waals surface area (Å²) in [5, 5.41) is 9.04. The maximum Gasteiger partial charge on any atom is 0.323 e. The molecule has 0 aliphatic carbocycles. The molecule has 0 radical (unpaired) electrons. The third-order valence-electron chi connectivity index (χ3n) is 5.54. The number of hydrogen-bond acceptors (Lipinski definition) is 3. The van der Waals surface area contributed by atoms with Crippen LogP contribution in [0, 0.1) is 5.92 Å². The molecule has 1 unspecified atom stereocenters. The molecule has 0 bridgehead atoms. The molecule has 1 amide bonds. The Labute approximate surface area is 149 Å². The molecule has 1 N–H and O–H groups in total. The lowest BCUT2D eigenvalue weighted by Gasteiger charge is -2.37. The molecule has 5 nitrogen and oxygen atoms in total. The standard InChI is InChI=1S/C20H28N2O3/c23-19(24)15-22-11-5-4-8-18(20(22)25)21-12-9-17(10-13-21)14-16-6-2-1-3-7-16/h1-3,6-7,17-18H,4-5,8-15H2,(H,23,24). The van der Waals surface area contributed by atoms with Crippen LogP contribution < -0.4 is 0 Å². The Morgan fingerprint density at radius 1 is 1.04 bits per heavy atom. The van der Waals surface area contributed by atoms with Gasteiger partial charge < -0.3 is 10.0 Å². The van der Waals surface area contributed by atoms with Gasteiger partial charge >= 0.3 is 5.97 Å². The van der Waals surface area contributed by atoms with E-state index in [-0.39, 0.29) is 18.5 Å². The fourth-order valence-electron chi connectivity index (χ4n) is 4.16. The summed E-state index contributed by atoms with van der Waals surface area (Å²) >= 11 is 0. The van der Waals surface area contributed by atoms with Crippen LogP contribution in [0.3, 0.4) is 0 Å². The monoisotopic (exact) mass is 344 g/mol. The van der Waals surface area contributed by atoms with Gasteiger partial charge in [0, 0.05) is 6.54 Å². The number of hydrogen-bond donors (Lipinski definition) is 1. The maximum atomic E-state index is 12.8. The van der Waals surface area contributed by atoms with Crippen LogP contribution in [0.25, 0.3) is 0 Å². The smallest absolute Gasteiger partial charge is 0.323 e. The minimum atomic E-state index is -0.921. The second-order valence-electron chi connectivity index (χ2n) is 7.33. The van der Waals surface area contributed by atoms with Gasteiger partial charge in [0.05, 0.1) is 6.04 Å². The molecule has 1 aromatic carbocycles. The molecular formula is C20H28N2O3. The molecule has 2 heterocycles. The number of amides is 1. The highest BCUT2D eigenvalue weighted by molar-refractivity contribution is 5.85. The number of nitrogens with zero attached hydrogens (tertiary/aromatic N) is 2. The van der Waals surface area contributed by atoms with E-state index in [2.05, 4.69) is 29.2 Å². The summed E-state index contributed by atoms with van der Waals surface area (Å²) < 4.78 is 0. The Morgan fingerprint density at radius 2 is 1.76 bits per heavy atom. The van der Waals surface area contributed by atoms with E-state index in [1.807, 2.05) is 6.07 Å². The topological polar surface area (TPSA) is 60.9 Å². The molecule has 5 heteroatoms. The average Bonchev–Trinajstić information content (AvgIpc) is 2.78. The fraction of sp³-hybridized carbons (Fsp3) is 0.600. The third-order valence-corrected chi connectivity index (χ3v) is 5.54. The molecule has 2 aliphatic rings. The first-order chi connectivity index (χ1) is 12.1. The average molecular weight is 344 g/mol. The SMILES string of the molecule is O=C(O)CN1CCCCC(N2CCC(Cc3ccccc3)CC2)C1=O. The van der Waals surface area contributed by atoms with Crippen molar-refractivity contribution >= 4 is 11.9 Å². The number of benzene rings is 1. The molecular weight excluding hydrogens is 316 g/mol. The third kappa shape index (κ3) is 4.82. The van der Waals surface area contributed by atoms with E-state index in [0.717, 1.165) is 51.6 Å². The van der Waals surface area contributed by atoms with Gasteiger partial charge in [-0.05, 0) is 63.1 Å². The molecule has 1 atom stereocenters. The van der Waals surface area contributed by atoms with E-state index in [1.165, 1.54) is 10.5 Å². The van der Waals surface area contributed by atoms with Gasteiger partial charge in [0.1, 0.15) is 6.54 Å². The highest BCUT2D eigenvalue weighted by atomic mass is 16.4. The summed E-state index contributed by atoms with van der Waals surface area (Å²) in [5.74, 6) is -0.230. The fourth-order valence-corrected chi connectivity index (χ4v) is 4.16. The summed E-state index contributed by atoms with van der Waals surface area (Å²) in [6, 6.07) is 10.5. The van der Waals surface area contributed by atoms with Crippen molar-refractivity contribution in [1.29, 1.82) is 0 Å². The van der Waals surface area contributed by atoms with Gasteiger partial charge in [-0.2, -0.15) is 0 Å². The van der Waals surface area contributed by atoms with Crippen LogP contribution in [-0.4, -0.2) is 59.0 Å². The van der Waals surface area contributed by atoms with Crippen LogP contribution in [0.5, 0.6) is 0 Å². The van der Waals surface area contributed by atoms with Gasteiger partial charge in [0.15, 0.2) is 0 Å². The second-order valence-corrected chi connectivity index (χ2v) is 7.33. The number of rotatable bonds is 5. The van der Waals surface area contributed by atoms with E-state index < -0.39 is 5.97 Å². The van der Waals surface area contributed by atoms with Crippen LogP contribution in [0.4, 0.5) is 0 Å². The van der Waals surface area contributed by atoms with E-state index in [9.17, 15) is 9.59 Å². The van der Waals surface area contributed by atoms with Crippen LogP contribution in [-0.2, 0) is 16.0 Å². The number of aliphatic carboxylic acids is 1. The minimum absolute atomic E-state index is 0.0152. The van der Waals surface area contributed by atoms with Crippen molar-refractivity contribution in [3.8, 4) is 0 Å². The summed E-state index contributed by atoms with van der Waals surface area (Å²) in [7, 11) is 0. The van der Waals surface area contributed by atoms with Crippen molar-refractivity contribution in [1.82, 2.24) is 9.80 Å². The Hall–Kier alpha value is -1.88. The lowest BCUT2D eigenvalue weighted by atomic mass is 9.89. The van der Waals surface area contributed by atoms with Crippen LogP contribution in [0.2, 0.25) is 0 Å². The molecule has 0 spiro atoms. The largest absolute Gasteiger partial charge is 0.480 e. The van der Waals surface area contributed by atoms with Gasteiger partial charge in [-0.15, -0.1) is 0 Å². The van der Waals surface area contributed by atoms with Crippen molar-refractivity contribution in [3.05, 3.63) is 35.9 Å². The number of carbonyl (C=O) groups is 2. The molecule has 3 rings (SSSR count).